The molecule has 0 saturated carbocycles. The number of nitrogens with one attached hydrogen (secondary N) is 8. The number of carbonyl (C=O) groups excluding carboxylic acids is 9. The molecule has 1 aliphatic heterocycles. The minimum atomic E-state index is -2.27. The Kier molecular flexibility index (Phi) is 26.4. The number of hydrogen-bond acceptors (Lipinski definition) is 17. The van der Waals surface area contributed by atoms with E-state index in [4.69, 9.17) is 11.5 Å². The molecule has 11 atom stereocenters. The fourth-order valence-corrected chi connectivity index (χ4v) is 6.97. The molecule has 410 valence electrons. The molecule has 0 radical (unpaired) electrons. The molecule has 0 bridgehead atoms. The lowest BCUT2D eigenvalue weighted by Crippen LogP contribution is -2.61. The van der Waals surface area contributed by atoms with Crippen molar-refractivity contribution in [3.05, 3.63) is 0 Å². The van der Waals surface area contributed by atoms with Gasteiger partial charge in [-0.25, -0.2) is 4.79 Å². The van der Waals surface area contributed by atoms with Crippen molar-refractivity contribution in [1.82, 2.24) is 47.4 Å². The summed E-state index contributed by atoms with van der Waals surface area (Å²) in [6, 6.07) is -17.0. The van der Waals surface area contributed by atoms with Gasteiger partial charge in [0, 0.05) is 6.54 Å². The number of aliphatic carboxylic acids is 5. The van der Waals surface area contributed by atoms with E-state index < -0.39 is 181 Å². The first-order chi connectivity index (χ1) is 33.9. The average molecular weight is 1050 g/mol. The van der Waals surface area contributed by atoms with Gasteiger partial charge in [0.1, 0.15) is 60.4 Å². The summed E-state index contributed by atoms with van der Waals surface area (Å²) in [5.41, 5.74) is 11.2. The first kappa shape index (κ1) is 63.5. The highest BCUT2D eigenvalue weighted by atomic mass is 16.4. The Morgan fingerprint density at radius 2 is 0.890 bits per heavy atom. The number of unbranched alkanes of at least 4 members (excludes halogenated alkanes) is 1. The minimum Gasteiger partial charge on any atom is -0.481 e. The van der Waals surface area contributed by atoms with E-state index in [2.05, 4.69) is 26.6 Å². The topological polar surface area (TPSA) is 512 Å². The molecule has 9 amide bonds. The van der Waals surface area contributed by atoms with Crippen molar-refractivity contribution in [2.75, 3.05) is 13.1 Å². The molecule has 0 aromatic rings. The van der Waals surface area contributed by atoms with Crippen LogP contribution in [0.25, 0.3) is 0 Å². The van der Waals surface area contributed by atoms with E-state index in [1.807, 2.05) is 16.0 Å². The normalized spacial score (nSPS) is 17.2. The second kappa shape index (κ2) is 30.4. The molecule has 73 heavy (non-hydrogen) atoms. The maximum absolute atomic E-state index is 13.6. The van der Waals surface area contributed by atoms with E-state index >= 15 is 0 Å². The summed E-state index contributed by atoms with van der Waals surface area (Å²) in [5, 5.41) is 74.5. The summed E-state index contributed by atoms with van der Waals surface area (Å²) in [5.74, 6) is -19.8. The zero-order valence-electron chi connectivity index (χ0n) is 40.7. The van der Waals surface area contributed by atoms with Crippen molar-refractivity contribution in [2.45, 2.75) is 159 Å². The van der Waals surface area contributed by atoms with E-state index in [1.165, 1.54) is 34.6 Å². The Labute approximate surface area is 417 Å². The SMILES string of the molecule is CC(C)[C@H](NC(=O)[C@@H](N)[C@@H](C)O)C(=O)N[C@@H](CC(=O)O)C(=O)N[C@@H](CC(=O)O)C(=O)N[C@@H](CC(=O)O)C(=O)N[C@@H](CC(=O)O)C(=O)N[C@@H](CCCCN)C(=O)N[C@@H](C)C(=O)N[C@@H](C)C(=O)N1CCC[C@H]1C(=O)O. The van der Waals surface area contributed by atoms with Crippen LogP contribution < -0.4 is 54.0 Å². The predicted molar refractivity (Wildman–Crippen MR) is 246 cm³/mol. The average Bonchev–Trinajstić information content (AvgIpc) is 3.78. The predicted octanol–water partition coefficient (Wildman–Crippen LogP) is -6.63. The third-order valence-electron chi connectivity index (χ3n) is 11.0. The molecular weight excluding hydrogens is 979 g/mol. The van der Waals surface area contributed by atoms with Gasteiger partial charge in [-0.05, 0) is 65.3 Å². The number of amides is 9. The highest BCUT2D eigenvalue weighted by molar-refractivity contribution is 6.01. The van der Waals surface area contributed by atoms with Gasteiger partial charge in [0.05, 0.1) is 31.8 Å². The molecule has 0 aromatic carbocycles. The fraction of sp³-hybridized carbons (Fsp3) is 0.667. The Morgan fingerprint density at radius 1 is 0.507 bits per heavy atom. The molecular formula is C42H67N11O20. The molecule has 31 nitrogen and oxygen atoms in total. The number of rotatable bonds is 32. The molecule has 0 aromatic heterocycles. The molecule has 1 heterocycles. The van der Waals surface area contributed by atoms with Crippen molar-refractivity contribution in [2.24, 2.45) is 17.4 Å². The smallest absolute Gasteiger partial charge is 0.326 e. The van der Waals surface area contributed by atoms with Crippen molar-refractivity contribution < 1.29 is 97.8 Å². The number of carbonyl (C=O) groups is 14. The van der Waals surface area contributed by atoms with Crippen LogP contribution in [-0.2, 0) is 67.1 Å². The van der Waals surface area contributed by atoms with Crippen LogP contribution >= 0.6 is 0 Å². The van der Waals surface area contributed by atoms with E-state index in [0.29, 0.717) is 12.8 Å². The van der Waals surface area contributed by atoms with Crippen LogP contribution in [0, 0.1) is 5.92 Å². The Morgan fingerprint density at radius 3 is 1.26 bits per heavy atom. The van der Waals surface area contributed by atoms with E-state index in [0.717, 1.165) is 4.90 Å². The molecule has 1 aliphatic rings. The number of aliphatic hydroxyl groups is 1. The van der Waals surface area contributed by atoms with Crippen LogP contribution in [0.15, 0.2) is 0 Å². The van der Waals surface area contributed by atoms with Crippen LogP contribution in [0.1, 0.15) is 92.4 Å². The van der Waals surface area contributed by atoms with Crippen LogP contribution in [0.2, 0.25) is 0 Å². The third-order valence-corrected chi connectivity index (χ3v) is 11.0. The summed E-state index contributed by atoms with van der Waals surface area (Å²) in [6.07, 6.45) is -5.51. The molecule has 0 spiro atoms. The molecule has 0 aliphatic carbocycles. The van der Waals surface area contributed by atoms with Crippen LogP contribution in [0.4, 0.5) is 0 Å². The molecule has 0 unspecified atom stereocenters. The quantitative estimate of drug-likeness (QED) is 0.0279. The molecule has 18 N–H and O–H groups in total. The monoisotopic (exact) mass is 1050 g/mol. The van der Waals surface area contributed by atoms with E-state index in [9.17, 15) is 97.8 Å². The Hall–Kier alpha value is -7.54. The summed E-state index contributed by atoms with van der Waals surface area (Å²) < 4.78 is 0. The second-order valence-corrected chi connectivity index (χ2v) is 17.5. The highest BCUT2D eigenvalue weighted by Crippen LogP contribution is 2.18. The van der Waals surface area contributed by atoms with Crippen LogP contribution in [0.5, 0.6) is 0 Å². The number of nitrogens with zero attached hydrogens (tertiary/aromatic N) is 1. The second-order valence-electron chi connectivity index (χ2n) is 17.5. The van der Waals surface area contributed by atoms with Gasteiger partial charge in [-0.15, -0.1) is 0 Å². The van der Waals surface area contributed by atoms with Crippen molar-refractivity contribution in [3.8, 4) is 0 Å². The van der Waals surface area contributed by atoms with Crippen LogP contribution in [0.3, 0.4) is 0 Å². The zero-order chi connectivity index (χ0) is 56.0. The van der Waals surface area contributed by atoms with E-state index in [1.54, 1.807) is 0 Å². The van der Waals surface area contributed by atoms with Gasteiger partial charge in [0.15, 0.2) is 0 Å². The van der Waals surface area contributed by atoms with Gasteiger partial charge in [-0.2, -0.15) is 0 Å². The number of aliphatic hydroxyl groups excluding tert-OH is 1. The maximum Gasteiger partial charge on any atom is 0.326 e. The lowest BCUT2D eigenvalue weighted by molar-refractivity contribution is -0.149. The van der Waals surface area contributed by atoms with Gasteiger partial charge < -0.3 is 89.5 Å². The maximum atomic E-state index is 13.6. The lowest BCUT2D eigenvalue weighted by Gasteiger charge is -2.28. The van der Waals surface area contributed by atoms with Gasteiger partial charge in [0.25, 0.3) is 0 Å². The summed E-state index contributed by atoms with van der Waals surface area (Å²) in [4.78, 5) is 180. The summed E-state index contributed by atoms with van der Waals surface area (Å²) in [6.45, 7) is 6.84. The number of nitrogens with two attached hydrogens (primary N) is 2. The number of likely N-dealkylation sites (tertiary alicyclic amines) is 1. The first-order valence-electron chi connectivity index (χ1n) is 22.9. The zero-order valence-corrected chi connectivity index (χ0v) is 40.7. The van der Waals surface area contributed by atoms with Gasteiger partial charge in [0.2, 0.25) is 53.2 Å². The largest absolute Gasteiger partial charge is 0.481 e. The third kappa shape index (κ3) is 21.8. The van der Waals surface area contributed by atoms with E-state index in [-0.39, 0.29) is 32.4 Å². The number of carboxylic acids is 5. The van der Waals surface area contributed by atoms with Crippen molar-refractivity contribution in [3.63, 3.8) is 0 Å². The van der Waals surface area contributed by atoms with Gasteiger partial charge in [-0.1, -0.05) is 13.8 Å². The number of hydrogen-bond donors (Lipinski definition) is 16. The van der Waals surface area contributed by atoms with Crippen molar-refractivity contribution >= 4 is 83.0 Å². The highest BCUT2D eigenvalue weighted by Gasteiger charge is 2.39. The molecule has 31 heteroatoms. The number of carboxylic acid groups (broad SMARTS) is 5. The summed E-state index contributed by atoms with van der Waals surface area (Å²) in [7, 11) is 0. The van der Waals surface area contributed by atoms with Gasteiger partial charge >= 0.3 is 29.8 Å². The first-order valence-corrected chi connectivity index (χ1v) is 22.9. The summed E-state index contributed by atoms with van der Waals surface area (Å²) >= 11 is 0. The molecule has 1 fully saturated rings. The molecule has 1 rings (SSSR count). The van der Waals surface area contributed by atoms with Crippen LogP contribution in [-0.4, -0.2) is 198 Å². The fourth-order valence-electron chi connectivity index (χ4n) is 6.97. The van der Waals surface area contributed by atoms with Gasteiger partial charge in [-0.3, -0.25) is 62.3 Å². The molecule has 1 saturated heterocycles. The Balaban J connectivity index is 3.36. The van der Waals surface area contributed by atoms with Crippen molar-refractivity contribution in [1.29, 1.82) is 0 Å². The standard InChI is InChI=1S/C42H67N11O20/c1-17(2)32(52-39(69)31(44)20(5)54)40(70)51-25(16-30(61)62)38(68)50-24(15-29(59)60)37(67)49-23(14-28(57)58)36(66)48-22(13-27(55)56)35(65)47-21(9-6-7-11-43)34(64)45-18(3)33(63)46-19(4)41(71)53-12-8-10-26(53)42(72)73/h17-26,31-32,54H,6-16,43-44H2,1-5H3,(H,45,64)(H,46,63)(H,47,65)(H,48,66)(H,49,67)(H,50,68)(H,51,70)(H,52,69)(H,55,56)(H,57,58)(H,59,60)(H,61,62)(H,72,73)/t18-,19-,20+,21-,22-,23-,24-,25-,26-,31-,32-/m0/s1. The Bertz CT molecular complexity index is 2070. The minimum absolute atomic E-state index is 0.124. The lowest BCUT2D eigenvalue weighted by atomic mass is 10.0.